The Labute approximate surface area is 125 Å². The van der Waals surface area contributed by atoms with E-state index in [-0.39, 0.29) is 5.84 Å². The number of rotatable bonds is 4. The maximum atomic E-state index is 8.69. The molecule has 2 rings (SSSR count). The molecule has 0 saturated heterocycles. The van der Waals surface area contributed by atoms with Crippen molar-refractivity contribution in [1.29, 1.82) is 0 Å². The van der Waals surface area contributed by atoms with Gasteiger partial charge in [0.2, 0.25) is 0 Å². The maximum absolute atomic E-state index is 8.69. The molecule has 1 aromatic heterocycles. The van der Waals surface area contributed by atoms with Crippen LogP contribution in [0.3, 0.4) is 0 Å². The quantitative estimate of drug-likeness (QED) is 0.390. The average Bonchev–Trinajstić information content (AvgIpc) is 2.46. The molecule has 0 fully saturated rings. The first-order valence-corrected chi connectivity index (χ1v) is 6.80. The normalized spacial score (nSPS) is 11.4. The van der Waals surface area contributed by atoms with Crippen LogP contribution in [0.25, 0.3) is 0 Å². The molecule has 0 unspecified atom stereocenters. The van der Waals surface area contributed by atoms with Crippen molar-refractivity contribution in [2.45, 2.75) is 6.54 Å². The van der Waals surface area contributed by atoms with E-state index in [4.69, 9.17) is 10.9 Å². The molecule has 0 bridgehead atoms. The summed E-state index contributed by atoms with van der Waals surface area (Å²) in [5.74, 6) is 0.761. The first-order valence-electron chi connectivity index (χ1n) is 6.00. The lowest BCUT2D eigenvalue weighted by Gasteiger charge is -2.19. The molecular weight excluding hydrogens is 320 g/mol. The number of benzene rings is 1. The van der Waals surface area contributed by atoms with Gasteiger partial charge in [-0.05, 0) is 29.8 Å². The van der Waals surface area contributed by atoms with E-state index in [2.05, 4.69) is 38.2 Å². The fourth-order valence-electron chi connectivity index (χ4n) is 1.82. The van der Waals surface area contributed by atoms with Gasteiger partial charge in [-0.1, -0.05) is 39.3 Å². The van der Waals surface area contributed by atoms with Crippen molar-refractivity contribution in [1.82, 2.24) is 4.98 Å². The highest BCUT2D eigenvalue weighted by atomic mass is 79.9. The molecule has 20 heavy (non-hydrogen) atoms. The van der Waals surface area contributed by atoms with E-state index in [1.165, 1.54) is 0 Å². The number of pyridine rings is 1. The van der Waals surface area contributed by atoms with E-state index >= 15 is 0 Å². The molecule has 1 heterocycles. The second kappa shape index (κ2) is 6.38. The van der Waals surface area contributed by atoms with Gasteiger partial charge in [0.25, 0.3) is 0 Å². The first-order chi connectivity index (χ1) is 9.60. The lowest BCUT2D eigenvalue weighted by Crippen LogP contribution is -2.20. The van der Waals surface area contributed by atoms with E-state index in [1.807, 2.05) is 36.2 Å². The molecule has 104 valence electrons. The highest BCUT2D eigenvalue weighted by molar-refractivity contribution is 9.10. The average molecular weight is 335 g/mol. The van der Waals surface area contributed by atoms with Crippen LogP contribution in [0.15, 0.2) is 52.1 Å². The van der Waals surface area contributed by atoms with E-state index in [0.29, 0.717) is 12.2 Å². The Balaban J connectivity index is 2.19. The smallest absolute Gasteiger partial charge is 0.188 e. The Kier molecular flexibility index (Phi) is 4.57. The lowest BCUT2D eigenvalue weighted by atomic mass is 10.2. The van der Waals surface area contributed by atoms with Crippen molar-refractivity contribution in [2.75, 3.05) is 11.9 Å². The molecule has 5 nitrogen and oxygen atoms in total. The number of nitrogens with zero attached hydrogens (tertiary/aromatic N) is 3. The largest absolute Gasteiger partial charge is 0.409 e. The van der Waals surface area contributed by atoms with Crippen LogP contribution < -0.4 is 10.6 Å². The van der Waals surface area contributed by atoms with Crippen LogP contribution in [0.2, 0.25) is 0 Å². The monoisotopic (exact) mass is 334 g/mol. The van der Waals surface area contributed by atoms with Crippen LogP contribution in [0.5, 0.6) is 0 Å². The SMILES string of the molecule is CN(Cc1cccc(Br)c1)c1cccc(C(N)=NO)n1. The minimum Gasteiger partial charge on any atom is -0.409 e. The van der Waals surface area contributed by atoms with Gasteiger partial charge in [-0.2, -0.15) is 0 Å². The van der Waals surface area contributed by atoms with Crippen LogP contribution in [0, 0.1) is 0 Å². The number of aromatic nitrogens is 1. The number of hydrogen-bond donors (Lipinski definition) is 2. The summed E-state index contributed by atoms with van der Waals surface area (Å²) in [6.07, 6.45) is 0. The summed E-state index contributed by atoms with van der Waals surface area (Å²) in [5.41, 5.74) is 7.16. The van der Waals surface area contributed by atoms with Gasteiger partial charge < -0.3 is 15.8 Å². The molecule has 0 amide bonds. The summed E-state index contributed by atoms with van der Waals surface area (Å²) < 4.78 is 1.04. The summed E-state index contributed by atoms with van der Waals surface area (Å²) in [6.45, 7) is 0.714. The molecule has 1 aromatic carbocycles. The Hall–Kier alpha value is -2.08. The summed E-state index contributed by atoms with van der Waals surface area (Å²) in [7, 11) is 1.94. The maximum Gasteiger partial charge on any atom is 0.188 e. The summed E-state index contributed by atoms with van der Waals surface area (Å²) in [5, 5.41) is 11.6. The van der Waals surface area contributed by atoms with Crippen molar-refractivity contribution in [3.63, 3.8) is 0 Å². The Morgan fingerprint density at radius 2 is 2.10 bits per heavy atom. The van der Waals surface area contributed by atoms with Gasteiger partial charge in [-0.15, -0.1) is 0 Å². The molecule has 3 N–H and O–H groups in total. The van der Waals surface area contributed by atoms with Crippen molar-refractivity contribution in [3.8, 4) is 0 Å². The fourth-order valence-corrected chi connectivity index (χ4v) is 2.27. The third kappa shape index (κ3) is 3.48. The predicted molar refractivity (Wildman–Crippen MR) is 83.0 cm³/mol. The van der Waals surface area contributed by atoms with Crippen molar-refractivity contribution < 1.29 is 5.21 Å². The molecule has 0 radical (unpaired) electrons. The molecule has 0 aliphatic carbocycles. The van der Waals surface area contributed by atoms with Gasteiger partial charge in [0.05, 0.1) is 0 Å². The van der Waals surface area contributed by atoms with E-state index in [0.717, 1.165) is 15.9 Å². The second-order valence-electron chi connectivity index (χ2n) is 4.35. The minimum atomic E-state index is 0.00251. The van der Waals surface area contributed by atoms with Crippen LogP contribution in [-0.2, 0) is 6.54 Å². The topological polar surface area (TPSA) is 74.7 Å². The van der Waals surface area contributed by atoms with Gasteiger partial charge in [0.1, 0.15) is 11.5 Å². The highest BCUT2D eigenvalue weighted by Gasteiger charge is 2.07. The Morgan fingerprint density at radius 1 is 1.35 bits per heavy atom. The van der Waals surface area contributed by atoms with E-state index in [9.17, 15) is 0 Å². The van der Waals surface area contributed by atoms with Crippen LogP contribution in [0.4, 0.5) is 5.82 Å². The molecular formula is C14H15BrN4O. The number of hydrogen-bond acceptors (Lipinski definition) is 4. The van der Waals surface area contributed by atoms with Gasteiger partial charge in [0.15, 0.2) is 5.84 Å². The van der Waals surface area contributed by atoms with Gasteiger partial charge in [0, 0.05) is 18.1 Å². The first kappa shape index (κ1) is 14.3. The Bertz CT molecular complexity index is 630. The third-order valence-electron chi connectivity index (χ3n) is 2.80. The zero-order valence-electron chi connectivity index (χ0n) is 11.0. The number of amidine groups is 1. The third-order valence-corrected chi connectivity index (χ3v) is 3.30. The molecule has 0 aliphatic rings. The van der Waals surface area contributed by atoms with Crippen molar-refractivity contribution >= 4 is 27.6 Å². The van der Waals surface area contributed by atoms with Crippen molar-refractivity contribution in [2.24, 2.45) is 10.9 Å². The molecule has 0 aliphatic heterocycles. The summed E-state index contributed by atoms with van der Waals surface area (Å²) in [6, 6.07) is 13.5. The van der Waals surface area contributed by atoms with E-state index < -0.39 is 0 Å². The van der Waals surface area contributed by atoms with Crippen LogP contribution in [-0.4, -0.2) is 23.1 Å². The molecule has 2 aromatic rings. The van der Waals surface area contributed by atoms with Crippen molar-refractivity contribution in [3.05, 3.63) is 58.2 Å². The van der Waals surface area contributed by atoms with E-state index in [1.54, 1.807) is 6.07 Å². The zero-order valence-corrected chi connectivity index (χ0v) is 12.6. The zero-order chi connectivity index (χ0) is 14.5. The standard InChI is InChI=1S/C14H15BrN4O/c1-19(9-10-4-2-5-11(15)8-10)13-7-3-6-12(17-13)14(16)18-20/h2-8,20H,9H2,1H3,(H2,16,18). The number of nitrogens with two attached hydrogens (primary N) is 1. The highest BCUT2D eigenvalue weighted by Crippen LogP contribution is 2.16. The Morgan fingerprint density at radius 3 is 2.80 bits per heavy atom. The number of anilines is 1. The second-order valence-corrected chi connectivity index (χ2v) is 5.27. The minimum absolute atomic E-state index is 0.00251. The molecule has 0 saturated carbocycles. The van der Waals surface area contributed by atoms with Gasteiger partial charge in [-0.3, -0.25) is 0 Å². The lowest BCUT2D eigenvalue weighted by molar-refractivity contribution is 0.318. The van der Waals surface area contributed by atoms with Crippen LogP contribution >= 0.6 is 15.9 Å². The fraction of sp³-hybridized carbons (Fsp3) is 0.143. The molecule has 0 atom stereocenters. The molecule has 0 spiro atoms. The van der Waals surface area contributed by atoms with Crippen LogP contribution in [0.1, 0.15) is 11.3 Å². The number of halogens is 1. The predicted octanol–water partition coefficient (Wildman–Crippen LogP) is 2.58. The summed E-state index contributed by atoms with van der Waals surface area (Å²) in [4.78, 5) is 6.36. The molecule has 6 heteroatoms. The van der Waals surface area contributed by atoms with Gasteiger partial charge in [-0.25, -0.2) is 4.98 Å². The van der Waals surface area contributed by atoms with Gasteiger partial charge >= 0.3 is 0 Å². The number of oxime groups is 1. The summed E-state index contributed by atoms with van der Waals surface area (Å²) >= 11 is 3.45.